The minimum atomic E-state index is -0.435. The first-order chi connectivity index (χ1) is 10.2. The molecule has 0 radical (unpaired) electrons. The van der Waals surface area contributed by atoms with Crippen LogP contribution in [0, 0.1) is 5.92 Å². The first kappa shape index (κ1) is 19.3. The molecule has 0 bridgehead atoms. The van der Waals surface area contributed by atoms with Gasteiger partial charge < -0.3 is 15.0 Å². The van der Waals surface area contributed by atoms with Crippen LogP contribution in [-0.4, -0.2) is 41.8 Å². The van der Waals surface area contributed by atoms with Crippen molar-refractivity contribution in [2.75, 3.05) is 13.1 Å². The van der Waals surface area contributed by atoms with Gasteiger partial charge in [-0.3, -0.25) is 0 Å². The zero-order valence-electron chi connectivity index (χ0n) is 15.4. The molecule has 0 aromatic heterocycles. The van der Waals surface area contributed by atoms with E-state index in [0.29, 0.717) is 12.6 Å². The molecule has 2 unspecified atom stereocenters. The van der Waals surface area contributed by atoms with Crippen molar-refractivity contribution in [2.24, 2.45) is 5.92 Å². The van der Waals surface area contributed by atoms with Gasteiger partial charge in [-0.1, -0.05) is 19.8 Å². The quantitative estimate of drug-likeness (QED) is 0.774. The van der Waals surface area contributed by atoms with Gasteiger partial charge in [0.25, 0.3) is 0 Å². The third-order valence-corrected chi connectivity index (χ3v) is 4.29. The maximum absolute atomic E-state index is 12.3. The molecule has 0 saturated heterocycles. The highest BCUT2D eigenvalue weighted by atomic mass is 16.6. The largest absolute Gasteiger partial charge is 0.444 e. The van der Waals surface area contributed by atoms with E-state index in [2.05, 4.69) is 12.2 Å². The molecule has 1 aliphatic rings. The third kappa shape index (κ3) is 7.48. The highest BCUT2D eigenvalue weighted by Crippen LogP contribution is 2.22. The van der Waals surface area contributed by atoms with Gasteiger partial charge in [-0.05, 0) is 59.8 Å². The summed E-state index contributed by atoms with van der Waals surface area (Å²) in [6.07, 6.45) is 6.30. The number of carbonyl (C=O) groups excluding carboxylic acids is 1. The SMILES string of the molecule is CC1CCCC(NCCN(C(=O)OC(C)(C)C)C(C)C)CC1. The highest BCUT2D eigenvalue weighted by Gasteiger charge is 2.24. The number of hydrogen-bond donors (Lipinski definition) is 1. The van der Waals surface area contributed by atoms with E-state index in [1.165, 1.54) is 32.1 Å². The Kier molecular flexibility index (Phi) is 7.67. The molecule has 4 nitrogen and oxygen atoms in total. The fraction of sp³-hybridized carbons (Fsp3) is 0.944. The predicted octanol–water partition coefficient (Wildman–Crippen LogP) is 4.19. The maximum atomic E-state index is 12.3. The van der Waals surface area contributed by atoms with E-state index in [4.69, 9.17) is 4.74 Å². The molecule has 1 rings (SSSR count). The van der Waals surface area contributed by atoms with E-state index >= 15 is 0 Å². The van der Waals surface area contributed by atoms with E-state index in [0.717, 1.165) is 12.5 Å². The van der Waals surface area contributed by atoms with E-state index < -0.39 is 5.60 Å². The number of rotatable bonds is 5. The Morgan fingerprint density at radius 1 is 1.23 bits per heavy atom. The average Bonchev–Trinajstić information content (AvgIpc) is 2.57. The number of hydrogen-bond acceptors (Lipinski definition) is 3. The first-order valence-electron chi connectivity index (χ1n) is 8.92. The molecule has 130 valence electrons. The summed E-state index contributed by atoms with van der Waals surface area (Å²) in [7, 11) is 0. The lowest BCUT2D eigenvalue weighted by Crippen LogP contribution is -2.45. The molecule has 1 N–H and O–H groups in total. The van der Waals surface area contributed by atoms with Gasteiger partial charge in [-0.15, -0.1) is 0 Å². The lowest BCUT2D eigenvalue weighted by molar-refractivity contribution is 0.0192. The molecule has 2 atom stereocenters. The van der Waals surface area contributed by atoms with Crippen molar-refractivity contribution in [3.63, 3.8) is 0 Å². The molecule has 1 fully saturated rings. The van der Waals surface area contributed by atoms with Gasteiger partial charge in [-0.25, -0.2) is 4.79 Å². The van der Waals surface area contributed by atoms with Crippen LogP contribution in [0.2, 0.25) is 0 Å². The number of nitrogens with zero attached hydrogens (tertiary/aromatic N) is 1. The molecule has 0 aromatic carbocycles. The van der Waals surface area contributed by atoms with Crippen molar-refractivity contribution in [3.8, 4) is 0 Å². The van der Waals surface area contributed by atoms with Crippen LogP contribution in [-0.2, 0) is 4.74 Å². The predicted molar refractivity (Wildman–Crippen MR) is 92.1 cm³/mol. The highest BCUT2D eigenvalue weighted by molar-refractivity contribution is 5.68. The van der Waals surface area contributed by atoms with Crippen LogP contribution >= 0.6 is 0 Å². The van der Waals surface area contributed by atoms with Gasteiger partial charge in [0.1, 0.15) is 5.60 Å². The zero-order chi connectivity index (χ0) is 16.8. The fourth-order valence-corrected chi connectivity index (χ4v) is 2.96. The molecule has 1 saturated carbocycles. The van der Waals surface area contributed by atoms with Gasteiger partial charge in [0.05, 0.1) is 0 Å². The monoisotopic (exact) mass is 312 g/mol. The number of ether oxygens (including phenoxy) is 1. The van der Waals surface area contributed by atoms with Crippen molar-refractivity contribution in [2.45, 2.75) is 91.3 Å². The average molecular weight is 312 g/mol. The van der Waals surface area contributed by atoms with E-state index in [1.807, 2.05) is 39.5 Å². The summed E-state index contributed by atoms with van der Waals surface area (Å²) in [4.78, 5) is 14.1. The van der Waals surface area contributed by atoms with Gasteiger partial charge in [0, 0.05) is 25.2 Å². The maximum Gasteiger partial charge on any atom is 0.410 e. The van der Waals surface area contributed by atoms with Crippen LogP contribution in [0.25, 0.3) is 0 Å². The summed E-state index contributed by atoms with van der Waals surface area (Å²) in [6.45, 7) is 13.7. The Morgan fingerprint density at radius 3 is 2.50 bits per heavy atom. The summed E-state index contributed by atoms with van der Waals surface area (Å²) in [6, 6.07) is 0.767. The molecular formula is C18H36N2O2. The number of carbonyl (C=O) groups is 1. The molecule has 1 amide bonds. The van der Waals surface area contributed by atoms with Gasteiger partial charge in [-0.2, -0.15) is 0 Å². The molecule has 4 heteroatoms. The van der Waals surface area contributed by atoms with Crippen molar-refractivity contribution >= 4 is 6.09 Å². The normalized spacial score (nSPS) is 23.2. The fourth-order valence-electron chi connectivity index (χ4n) is 2.96. The topological polar surface area (TPSA) is 41.6 Å². The third-order valence-electron chi connectivity index (χ3n) is 4.29. The Morgan fingerprint density at radius 2 is 1.91 bits per heavy atom. The summed E-state index contributed by atoms with van der Waals surface area (Å²) in [5.41, 5.74) is -0.435. The van der Waals surface area contributed by atoms with Crippen LogP contribution in [0.1, 0.15) is 73.6 Å². The second-order valence-corrected chi connectivity index (χ2v) is 8.03. The van der Waals surface area contributed by atoms with Crippen LogP contribution in [0.5, 0.6) is 0 Å². The van der Waals surface area contributed by atoms with Crippen LogP contribution in [0.4, 0.5) is 4.79 Å². The summed E-state index contributed by atoms with van der Waals surface area (Å²) in [5, 5.41) is 3.64. The Balaban J connectivity index is 2.39. The standard InChI is InChI=1S/C18H36N2O2/c1-14(2)20(17(21)22-18(4,5)6)13-12-19-16-9-7-8-15(3)10-11-16/h14-16,19H,7-13H2,1-6H3. The lowest BCUT2D eigenvalue weighted by Gasteiger charge is -2.30. The summed E-state index contributed by atoms with van der Waals surface area (Å²) < 4.78 is 5.50. The van der Waals surface area contributed by atoms with Crippen molar-refractivity contribution in [1.82, 2.24) is 10.2 Å². The number of nitrogens with one attached hydrogen (secondary N) is 1. The molecule has 0 aromatic rings. The number of amides is 1. The molecule has 0 aliphatic heterocycles. The van der Waals surface area contributed by atoms with Crippen molar-refractivity contribution in [3.05, 3.63) is 0 Å². The smallest absolute Gasteiger partial charge is 0.410 e. The second-order valence-electron chi connectivity index (χ2n) is 8.03. The van der Waals surface area contributed by atoms with Gasteiger partial charge in [0.15, 0.2) is 0 Å². The van der Waals surface area contributed by atoms with E-state index in [9.17, 15) is 4.79 Å². The molecular weight excluding hydrogens is 276 g/mol. The second kappa shape index (κ2) is 8.76. The Bertz CT molecular complexity index is 336. The minimum absolute atomic E-state index is 0.158. The van der Waals surface area contributed by atoms with Gasteiger partial charge in [0.2, 0.25) is 0 Å². The molecule has 0 heterocycles. The minimum Gasteiger partial charge on any atom is -0.444 e. The van der Waals surface area contributed by atoms with Gasteiger partial charge >= 0.3 is 6.09 Å². The van der Waals surface area contributed by atoms with E-state index in [-0.39, 0.29) is 12.1 Å². The molecule has 1 aliphatic carbocycles. The Labute approximate surface area is 137 Å². The zero-order valence-corrected chi connectivity index (χ0v) is 15.4. The van der Waals surface area contributed by atoms with Crippen LogP contribution < -0.4 is 5.32 Å². The molecule has 22 heavy (non-hydrogen) atoms. The van der Waals surface area contributed by atoms with Crippen molar-refractivity contribution < 1.29 is 9.53 Å². The summed E-state index contributed by atoms with van der Waals surface area (Å²) >= 11 is 0. The van der Waals surface area contributed by atoms with Crippen LogP contribution in [0.15, 0.2) is 0 Å². The molecule has 0 spiro atoms. The first-order valence-corrected chi connectivity index (χ1v) is 8.92. The lowest BCUT2D eigenvalue weighted by atomic mass is 10.0. The van der Waals surface area contributed by atoms with E-state index in [1.54, 1.807) is 0 Å². The van der Waals surface area contributed by atoms with Crippen LogP contribution in [0.3, 0.4) is 0 Å². The summed E-state index contributed by atoms with van der Waals surface area (Å²) in [5.74, 6) is 0.862. The Hall–Kier alpha value is -0.770. The van der Waals surface area contributed by atoms with Crippen molar-refractivity contribution in [1.29, 1.82) is 0 Å².